The third kappa shape index (κ3) is 3.29. The third-order valence-corrected chi connectivity index (χ3v) is 3.30. The number of anilines is 1. The molecule has 0 aliphatic carbocycles. The van der Waals surface area contributed by atoms with Crippen molar-refractivity contribution in [1.82, 2.24) is 10.2 Å². The average molecular weight is 289 g/mol. The lowest BCUT2D eigenvalue weighted by Gasteiger charge is -2.18. The molecule has 1 aromatic carbocycles. The zero-order chi connectivity index (χ0) is 15.5. The minimum absolute atomic E-state index is 0.00940. The van der Waals surface area contributed by atoms with Crippen LogP contribution in [-0.2, 0) is 12.0 Å². The highest BCUT2D eigenvalue weighted by molar-refractivity contribution is 5.63. The number of H-pyrrole nitrogens is 1. The molecular weight excluding hydrogens is 266 g/mol. The third-order valence-electron chi connectivity index (χ3n) is 3.30. The van der Waals surface area contributed by atoms with Gasteiger partial charge in [0.2, 0.25) is 0 Å². The van der Waals surface area contributed by atoms with Crippen LogP contribution >= 0.6 is 0 Å². The molecule has 0 atom stereocenters. The Kier molecular flexibility index (Phi) is 4.40. The Morgan fingerprint density at radius 3 is 2.57 bits per heavy atom. The minimum atomic E-state index is 0.00940. The monoisotopic (exact) mass is 289 g/mol. The van der Waals surface area contributed by atoms with E-state index in [1.807, 2.05) is 24.4 Å². The minimum Gasteiger partial charge on any atom is -0.493 e. The maximum atomic E-state index is 5.42. The summed E-state index contributed by atoms with van der Waals surface area (Å²) in [5, 5.41) is 10.7. The van der Waals surface area contributed by atoms with Gasteiger partial charge in [-0.2, -0.15) is 5.10 Å². The molecular formula is C16H23N3O2. The number of hydrogen-bond acceptors (Lipinski definition) is 4. The summed E-state index contributed by atoms with van der Waals surface area (Å²) in [5.74, 6) is 1.42. The van der Waals surface area contributed by atoms with Crippen molar-refractivity contribution in [3.63, 3.8) is 0 Å². The zero-order valence-electron chi connectivity index (χ0n) is 13.3. The van der Waals surface area contributed by atoms with Gasteiger partial charge >= 0.3 is 0 Å². The molecule has 0 amide bonds. The van der Waals surface area contributed by atoms with Crippen LogP contribution in [0, 0.1) is 0 Å². The maximum Gasteiger partial charge on any atom is 0.183 e. The van der Waals surface area contributed by atoms with E-state index in [9.17, 15) is 0 Å². The van der Waals surface area contributed by atoms with Crippen molar-refractivity contribution in [1.29, 1.82) is 0 Å². The lowest BCUT2D eigenvalue weighted by Crippen LogP contribution is -2.15. The second-order valence-corrected chi connectivity index (χ2v) is 5.90. The fraction of sp³-hybridized carbons (Fsp3) is 0.438. The molecule has 0 bridgehead atoms. The molecule has 114 valence electrons. The average Bonchev–Trinajstić information content (AvgIpc) is 2.93. The molecule has 2 N–H and O–H groups in total. The van der Waals surface area contributed by atoms with Gasteiger partial charge in [-0.3, -0.25) is 5.10 Å². The Balaban J connectivity index is 2.20. The van der Waals surface area contributed by atoms with Gasteiger partial charge in [-0.1, -0.05) is 26.8 Å². The number of ether oxygens (including phenoxy) is 2. The van der Waals surface area contributed by atoms with Gasteiger partial charge in [-0.05, 0) is 12.1 Å². The first kappa shape index (κ1) is 15.2. The van der Waals surface area contributed by atoms with Gasteiger partial charge in [0, 0.05) is 23.7 Å². The molecule has 21 heavy (non-hydrogen) atoms. The molecule has 0 radical (unpaired) electrons. The van der Waals surface area contributed by atoms with E-state index in [1.54, 1.807) is 14.2 Å². The predicted octanol–water partition coefficient (Wildman–Crippen LogP) is 3.34. The van der Waals surface area contributed by atoms with Crippen molar-refractivity contribution < 1.29 is 9.47 Å². The number of nitrogens with one attached hydrogen (secondary N) is 2. The lowest BCUT2D eigenvalue weighted by atomic mass is 9.89. The van der Waals surface area contributed by atoms with Gasteiger partial charge in [0.15, 0.2) is 11.5 Å². The van der Waals surface area contributed by atoms with Crippen LogP contribution < -0.4 is 14.8 Å². The number of benzene rings is 1. The molecule has 1 aromatic heterocycles. The van der Waals surface area contributed by atoms with Crippen LogP contribution in [0.4, 0.5) is 5.69 Å². The number of methoxy groups -OCH3 is 2. The Hall–Kier alpha value is -2.17. The molecule has 0 unspecified atom stereocenters. The summed E-state index contributed by atoms with van der Waals surface area (Å²) < 4.78 is 10.7. The summed E-state index contributed by atoms with van der Waals surface area (Å²) in [6.45, 7) is 7.13. The smallest absolute Gasteiger partial charge is 0.183 e. The van der Waals surface area contributed by atoms with Crippen molar-refractivity contribution in [2.45, 2.75) is 32.7 Å². The van der Waals surface area contributed by atoms with Crippen LogP contribution in [-0.4, -0.2) is 24.4 Å². The van der Waals surface area contributed by atoms with E-state index in [-0.39, 0.29) is 5.41 Å². The number of nitrogens with zero attached hydrogens (tertiary/aromatic N) is 1. The molecule has 0 saturated carbocycles. The number of rotatable bonds is 5. The van der Waals surface area contributed by atoms with Gasteiger partial charge in [0.25, 0.3) is 0 Å². The Morgan fingerprint density at radius 2 is 1.95 bits per heavy atom. The SMILES string of the molecule is COc1cccc(NCc2c[nH]nc2C(C)(C)C)c1OC. The quantitative estimate of drug-likeness (QED) is 0.886. The summed E-state index contributed by atoms with van der Waals surface area (Å²) in [6, 6.07) is 5.78. The summed E-state index contributed by atoms with van der Waals surface area (Å²) in [7, 11) is 3.27. The van der Waals surface area contributed by atoms with Crippen LogP contribution in [0.5, 0.6) is 11.5 Å². The van der Waals surface area contributed by atoms with Crippen molar-refractivity contribution in [3.8, 4) is 11.5 Å². The number of para-hydroxylation sites is 1. The van der Waals surface area contributed by atoms with Gasteiger partial charge in [-0.15, -0.1) is 0 Å². The molecule has 2 aromatic rings. The van der Waals surface area contributed by atoms with Crippen LogP contribution in [0.3, 0.4) is 0 Å². The highest BCUT2D eigenvalue weighted by Crippen LogP contribution is 2.35. The first-order valence-electron chi connectivity index (χ1n) is 6.95. The molecule has 0 saturated heterocycles. The largest absolute Gasteiger partial charge is 0.493 e. The van der Waals surface area contributed by atoms with Gasteiger partial charge in [0.05, 0.1) is 25.6 Å². The van der Waals surface area contributed by atoms with Gasteiger partial charge in [0.1, 0.15) is 0 Å². The van der Waals surface area contributed by atoms with E-state index in [0.29, 0.717) is 18.0 Å². The number of hydrogen-bond donors (Lipinski definition) is 2. The van der Waals surface area contributed by atoms with E-state index in [2.05, 4.69) is 36.3 Å². The lowest BCUT2D eigenvalue weighted by molar-refractivity contribution is 0.356. The van der Waals surface area contributed by atoms with E-state index >= 15 is 0 Å². The van der Waals surface area contributed by atoms with E-state index < -0.39 is 0 Å². The van der Waals surface area contributed by atoms with E-state index in [0.717, 1.165) is 16.9 Å². The van der Waals surface area contributed by atoms with Crippen molar-refractivity contribution >= 4 is 5.69 Å². The van der Waals surface area contributed by atoms with Crippen LogP contribution in [0.25, 0.3) is 0 Å². The molecule has 5 nitrogen and oxygen atoms in total. The molecule has 0 aliphatic rings. The Labute approximate surface area is 125 Å². The van der Waals surface area contributed by atoms with Crippen LogP contribution in [0.1, 0.15) is 32.0 Å². The standard InChI is InChI=1S/C16H23N3O2/c1-16(2,3)15-11(10-18-19-15)9-17-12-7-6-8-13(20-4)14(12)21-5/h6-8,10,17H,9H2,1-5H3,(H,18,19). The van der Waals surface area contributed by atoms with Crippen molar-refractivity contribution in [3.05, 3.63) is 35.7 Å². The fourth-order valence-electron chi connectivity index (χ4n) is 2.32. The van der Waals surface area contributed by atoms with Crippen LogP contribution in [0.15, 0.2) is 24.4 Å². The first-order valence-corrected chi connectivity index (χ1v) is 6.95. The normalized spacial score (nSPS) is 11.3. The molecule has 2 rings (SSSR count). The summed E-state index contributed by atoms with van der Waals surface area (Å²) in [5.41, 5.74) is 3.12. The van der Waals surface area contributed by atoms with Crippen molar-refractivity contribution in [2.75, 3.05) is 19.5 Å². The summed E-state index contributed by atoms with van der Waals surface area (Å²) in [4.78, 5) is 0. The topological polar surface area (TPSA) is 59.2 Å². The highest BCUT2D eigenvalue weighted by Gasteiger charge is 2.21. The zero-order valence-corrected chi connectivity index (χ0v) is 13.3. The number of aromatic nitrogens is 2. The van der Waals surface area contributed by atoms with E-state index in [1.165, 1.54) is 0 Å². The summed E-state index contributed by atoms with van der Waals surface area (Å²) >= 11 is 0. The maximum absolute atomic E-state index is 5.42. The highest BCUT2D eigenvalue weighted by atomic mass is 16.5. The molecule has 0 spiro atoms. The molecule has 0 aliphatic heterocycles. The molecule has 0 fully saturated rings. The Morgan fingerprint density at radius 1 is 1.19 bits per heavy atom. The fourth-order valence-corrected chi connectivity index (χ4v) is 2.32. The van der Waals surface area contributed by atoms with E-state index in [4.69, 9.17) is 9.47 Å². The predicted molar refractivity (Wildman–Crippen MR) is 84.2 cm³/mol. The number of aromatic amines is 1. The second kappa shape index (κ2) is 6.08. The van der Waals surface area contributed by atoms with Crippen LogP contribution in [0.2, 0.25) is 0 Å². The van der Waals surface area contributed by atoms with Gasteiger partial charge in [-0.25, -0.2) is 0 Å². The molecule has 5 heteroatoms. The van der Waals surface area contributed by atoms with Crippen molar-refractivity contribution in [2.24, 2.45) is 0 Å². The Bertz CT molecular complexity index is 600. The molecule has 1 heterocycles. The summed E-state index contributed by atoms with van der Waals surface area (Å²) in [6.07, 6.45) is 1.93. The van der Waals surface area contributed by atoms with Gasteiger partial charge < -0.3 is 14.8 Å². The first-order chi connectivity index (χ1) is 9.97. The second-order valence-electron chi connectivity index (χ2n) is 5.90.